The van der Waals surface area contributed by atoms with Gasteiger partial charge >= 0.3 is 0 Å². The number of benzene rings is 2. The highest BCUT2D eigenvalue weighted by Gasteiger charge is 2.21. The standard InChI is InChI=1S/C21H18F2N4O3/c1-2-26(13-19(28)25-21-15(22)9-6-10-16(21)23)18-12-11-17(27(29)30)20(24-18)14-7-4-3-5-8-14/h3-12H,2,13H2,1H3,(H,25,28). The lowest BCUT2D eigenvalue weighted by molar-refractivity contribution is -0.384. The van der Waals surface area contributed by atoms with Crippen LogP contribution in [0.1, 0.15) is 6.92 Å². The van der Waals surface area contributed by atoms with Gasteiger partial charge in [0.1, 0.15) is 23.1 Å². The Morgan fingerprint density at radius 1 is 1.07 bits per heavy atom. The van der Waals surface area contributed by atoms with E-state index in [1.54, 1.807) is 42.2 Å². The third-order valence-corrected chi connectivity index (χ3v) is 4.37. The maximum absolute atomic E-state index is 13.8. The van der Waals surface area contributed by atoms with Gasteiger partial charge in [-0.1, -0.05) is 36.4 Å². The lowest BCUT2D eigenvalue weighted by Crippen LogP contribution is -2.34. The van der Waals surface area contributed by atoms with Crippen molar-refractivity contribution in [2.24, 2.45) is 0 Å². The number of nitro groups is 1. The number of anilines is 2. The van der Waals surface area contributed by atoms with Crippen molar-refractivity contribution in [3.8, 4) is 11.3 Å². The van der Waals surface area contributed by atoms with Crippen molar-refractivity contribution < 1.29 is 18.5 Å². The second kappa shape index (κ2) is 9.08. The highest BCUT2D eigenvalue weighted by Crippen LogP contribution is 2.30. The number of carbonyl (C=O) groups excluding carboxylic acids is 1. The predicted molar refractivity (Wildman–Crippen MR) is 109 cm³/mol. The Balaban J connectivity index is 1.88. The zero-order chi connectivity index (χ0) is 21.7. The lowest BCUT2D eigenvalue weighted by atomic mass is 10.1. The maximum atomic E-state index is 13.8. The Bertz CT molecular complexity index is 1060. The quantitative estimate of drug-likeness (QED) is 0.459. The van der Waals surface area contributed by atoms with Gasteiger partial charge in [-0.05, 0) is 25.1 Å². The number of halogens is 2. The van der Waals surface area contributed by atoms with Gasteiger partial charge in [-0.15, -0.1) is 0 Å². The molecule has 154 valence electrons. The van der Waals surface area contributed by atoms with Gasteiger partial charge in [-0.25, -0.2) is 13.8 Å². The molecule has 0 aliphatic carbocycles. The van der Waals surface area contributed by atoms with Crippen LogP contribution in [0.4, 0.5) is 26.0 Å². The van der Waals surface area contributed by atoms with E-state index < -0.39 is 28.2 Å². The molecule has 1 aromatic heterocycles. The van der Waals surface area contributed by atoms with E-state index >= 15 is 0 Å². The fourth-order valence-electron chi connectivity index (χ4n) is 2.90. The second-order valence-electron chi connectivity index (χ2n) is 6.32. The molecule has 1 heterocycles. The molecule has 0 unspecified atom stereocenters. The molecule has 0 spiro atoms. The van der Waals surface area contributed by atoms with Crippen molar-refractivity contribution in [3.63, 3.8) is 0 Å². The van der Waals surface area contributed by atoms with Gasteiger partial charge < -0.3 is 10.2 Å². The summed E-state index contributed by atoms with van der Waals surface area (Å²) >= 11 is 0. The maximum Gasteiger partial charge on any atom is 0.295 e. The number of rotatable bonds is 7. The SMILES string of the molecule is CCN(CC(=O)Nc1c(F)cccc1F)c1ccc([N+](=O)[O-])c(-c2ccccc2)n1. The number of para-hydroxylation sites is 1. The molecule has 1 N–H and O–H groups in total. The molecule has 0 bridgehead atoms. The van der Waals surface area contributed by atoms with E-state index in [4.69, 9.17) is 0 Å². The molecule has 0 atom stereocenters. The number of hydrogen-bond donors (Lipinski definition) is 1. The van der Waals surface area contributed by atoms with Crippen molar-refractivity contribution in [1.82, 2.24) is 4.98 Å². The molecule has 0 radical (unpaired) electrons. The van der Waals surface area contributed by atoms with Crippen molar-refractivity contribution >= 4 is 23.1 Å². The number of pyridine rings is 1. The van der Waals surface area contributed by atoms with Crippen LogP contribution >= 0.6 is 0 Å². The number of carbonyl (C=O) groups is 1. The molecule has 3 aromatic rings. The third kappa shape index (κ3) is 4.57. The van der Waals surface area contributed by atoms with Gasteiger partial charge in [0.15, 0.2) is 5.69 Å². The topological polar surface area (TPSA) is 88.4 Å². The van der Waals surface area contributed by atoms with Crippen LogP contribution in [-0.2, 0) is 4.79 Å². The molecule has 2 aromatic carbocycles. The van der Waals surface area contributed by atoms with Gasteiger partial charge in [-0.2, -0.15) is 0 Å². The molecule has 0 aliphatic rings. The summed E-state index contributed by atoms with van der Waals surface area (Å²) in [5.41, 5.74) is 0.0242. The number of aromatic nitrogens is 1. The highest BCUT2D eigenvalue weighted by molar-refractivity contribution is 5.94. The zero-order valence-corrected chi connectivity index (χ0v) is 16.0. The molecule has 1 amide bonds. The Morgan fingerprint density at radius 3 is 2.33 bits per heavy atom. The van der Waals surface area contributed by atoms with Crippen LogP contribution in [0, 0.1) is 21.7 Å². The van der Waals surface area contributed by atoms with Crippen LogP contribution < -0.4 is 10.2 Å². The van der Waals surface area contributed by atoms with Crippen LogP contribution in [0.15, 0.2) is 60.7 Å². The molecule has 0 aliphatic heterocycles. The number of hydrogen-bond acceptors (Lipinski definition) is 5. The van der Waals surface area contributed by atoms with Crippen LogP contribution in [0.2, 0.25) is 0 Å². The minimum absolute atomic E-state index is 0.164. The number of amides is 1. The summed E-state index contributed by atoms with van der Waals surface area (Å²) in [6, 6.07) is 14.7. The first-order valence-corrected chi connectivity index (χ1v) is 9.10. The van der Waals surface area contributed by atoms with Gasteiger partial charge in [0.05, 0.1) is 11.5 Å². The lowest BCUT2D eigenvalue weighted by Gasteiger charge is -2.22. The summed E-state index contributed by atoms with van der Waals surface area (Å²) in [6.45, 7) is 1.86. The first-order chi connectivity index (χ1) is 14.4. The Hall–Kier alpha value is -3.88. The summed E-state index contributed by atoms with van der Waals surface area (Å²) < 4.78 is 27.5. The minimum Gasteiger partial charge on any atom is -0.348 e. The van der Waals surface area contributed by atoms with E-state index in [0.29, 0.717) is 17.9 Å². The molecule has 0 fully saturated rings. The molecule has 0 saturated carbocycles. The zero-order valence-electron chi connectivity index (χ0n) is 16.0. The van der Waals surface area contributed by atoms with Crippen LogP contribution in [0.25, 0.3) is 11.3 Å². The Labute approximate surface area is 171 Å². The second-order valence-corrected chi connectivity index (χ2v) is 6.32. The number of nitrogens with zero attached hydrogens (tertiary/aromatic N) is 3. The van der Waals surface area contributed by atoms with E-state index in [0.717, 1.165) is 12.1 Å². The van der Waals surface area contributed by atoms with E-state index in [-0.39, 0.29) is 17.9 Å². The molecule has 30 heavy (non-hydrogen) atoms. The van der Waals surface area contributed by atoms with Gasteiger partial charge in [0.25, 0.3) is 5.69 Å². The molecule has 3 rings (SSSR count). The molecule has 0 saturated heterocycles. The van der Waals surface area contributed by atoms with Crippen LogP contribution in [0.5, 0.6) is 0 Å². The summed E-state index contributed by atoms with van der Waals surface area (Å²) in [4.78, 5) is 29.2. The van der Waals surface area contributed by atoms with E-state index in [1.807, 2.05) is 0 Å². The average Bonchev–Trinajstić information content (AvgIpc) is 2.75. The first kappa shape index (κ1) is 20.8. The number of likely N-dealkylation sites (N-methyl/N-ethyl adjacent to an activating group) is 1. The van der Waals surface area contributed by atoms with Gasteiger partial charge in [0.2, 0.25) is 5.91 Å². The third-order valence-electron chi connectivity index (χ3n) is 4.37. The first-order valence-electron chi connectivity index (χ1n) is 9.10. The molecular formula is C21H18F2N4O3. The summed E-state index contributed by atoms with van der Waals surface area (Å²) in [5.74, 6) is -2.09. The number of nitrogens with one attached hydrogen (secondary N) is 1. The van der Waals surface area contributed by atoms with Gasteiger partial charge in [0, 0.05) is 18.2 Å². The van der Waals surface area contributed by atoms with E-state index in [2.05, 4.69) is 10.3 Å². The monoisotopic (exact) mass is 412 g/mol. The summed E-state index contributed by atoms with van der Waals surface area (Å²) in [6.07, 6.45) is 0. The van der Waals surface area contributed by atoms with Crippen LogP contribution in [0.3, 0.4) is 0 Å². The van der Waals surface area contributed by atoms with Crippen molar-refractivity contribution in [1.29, 1.82) is 0 Å². The van der Waals surface area contributed by atoms with E-state index in [9.17, 15) is 23.7 Å². The normalized spacial score (nSPS) is 10.5. The molecule has 9 heteroatoms. The smallest absolute Gasteiger partial charge is 0.295 e. The Kier molecular flexibility index (Phi) is 6.31. The van der Waals surface area contributed by atoms with Crippen molar-refractivity contribution in [2.45, 2.75) is 6.92 Å². The fraction of sp³-hybridized carbons (Fsp3) is 0.143. The molecular weight excluding hydrogens is 394 g/mol. The van der Waals surface area contributed by atoms with Crippen molar-refractivity contribution in [2.75, 3.05) is 23.3 Å². The van der Waals surface area contributed by atoms with Crippen LogP contribution in [-0.4, -0.2) is 28.9 Å². The largest absolute Gasteiger partial charge is 0.348 e. The fourth-order valence-corrected chi connectivity index (χ4v) is 2.90. The summed E-state index contributed by atoms with van der Waals surface area (Å²) in [5, 5.41) is 13.6. The van der Waals surface area contributed by atoms with E-state index in [1.165, 1.54) is 18.2 Å². The van der Waals surface area contributed by atoms with Gasteiger partial charge in [-0.3, -0.25) is 14.9 Å². The highest BCUT2D eigenvalue weighted by atomic mass is 19.1. The predicted octanol–water partition coefficient (Wildman–Crippen LogP) is 4.40. The minimum atomic E-state index is -0.883. The molecule has 7 nitrogen and oxygen atoms in total. The Morgan fingerprint density at radius 2 is 1.73 bits per heavy atom. The van der Waals surface area contributed by atoms with Crippen molar-refractivity contribution in [3.05, 3.63) is 82.4 Å². The summed E-state index contributed by atoms with van der Waals surface area (Å²) in [7, 11) is 0. The average molecular weight is 412 g/mol.